The first-order chi connectivity index (χ1) is 7.72. The molecule has 1 rings (SSSR count). The minimum atomic E-state index is 0.584. The van der Waals surface area contributed by atoms with Crippen molar-refractivity contribution in [2.24, 2.45) is 10.8 Å². The van der Waals surface area contributed by atoms with Crippen molar-refractivity contribution >= 4 is 17.4 Å². The monoisotopic (exact) mass is 241 g/mol. The molecule has 3 N–H and O–H groups in total. The van der Waals surface area contributed by atoms with Gasteiger partial charge < -0.3 is 10.2 Å². The van der Waals surface area contributed by atoms with Gasteiger partial charge in [-0.25, -0.2) is 5.84 Å². The Morgan fingerprint density at radius 3 is 2.88 bits per heavy atom. The molecule has 1 aromatic carbocycles. The van der Waals surface area contributed by atoms with E-state index in [4.69, 9.17) is 22.2 Å². The topological polar surface area (TPSA) is 59.6 Å². The van der Waals surface area contributed by atoms with Crippen molar-refractivity contribution < 1.29 is 4.74 Å². The van der Waals surface area contributed by atoms with Crippen LogP contribution in [0.25, 0.3) is 0 Å². The molecule has 88 valence electrons. The second-order valence-corrected chi connectivity index (χ2v) is 3.66. The van der Waals surface area contributed by atoms with E-state index in [0.29, 0.717) is 23.2 Å². The SMILES string of the molecule is CCCN=C(NN)c1cc(Cl)ccc1OC. The molecule has 0 heterocycles. The largest absolute Gasteiger partial charge is 0.496 e. The molecule has 0 aromatic heterocycles. The van der Waals surface area contributed by atoms with E-state index >= 15 is 0 Å². The Balaban J connectivity index is 3.12. The van der Waals surface area contributed by atoms with Crippen LogP contribution in [0.4, 0.5) is 0 Å². The summed E-state index contributed by atoms with van der Waals surface area (Å²) < 4.78 is 5.23. The number of nitrogens with two attached hydrogens (primary N) is 1. The molecular formula is C11H16ClN3O. The maximum absolute atomic E-state index is 5.93. The van der Waals surface area contributed by atoms with Gasteiger partial charge in [0.1, 0.15) is 11.6 Å². The molecule has 16 heavy (non-hydrogen) atoms. The van der Waals surface area contributed by atoms with Crippen molar-refractivity contribution in [3.8, 4) is 5.75 Å². The lowest BCUT2D eigenvalue weighted by molar-refractivity contribution is 0.413. The lowest BCUT2D eigenvalue weighted by Gasteiger charge is -2.11. The van der Waals surface area contributed by atoms with Gasteiger partial charge in [-0.15, -0.1) is 0 Å². The molecule has 0 spiro atoms. The summed E-state index contributed by atoms with van der Waals surface area (Å²) in [4.78, 5) is 4.32. The Bertz CT molecular complexity index is 379. The number of halogens is 1. The molecule has 0 aliphatic rings. The Labute approximate surface area is 100 Å². The molecule has 4 nitrogen and oxygen atoms in total. The summed E-state index contributed by atoms with van der Waals surface area (Å²) in [5.41, 5.74) is 3.34. The molecule has 0 amide bonds. The van der Waals surface area contributed by atoms with Crippen LogP contribution in [0.1, 0.15) is 18.9 Å². The van der Waals surface area contributed by atoms with Gasteiger partial charge in [0.2, 0.25) is 0 Å². The van der Waals surface area contributed by atoms with Crippen LogP contribution >= 0.6 is 11.6 Å². The fourth-order valence-electron chi connectivity index (χ4n) is 1.30. The van der Waals surface area contributed by atoms with Gasteiger partial charge >= 0.3 is 0 Å². The molecule has 0 atom stereocenters. The third kappa shape index (κ3) is 3.12. The smallest absolute Gasteiger partial charge is 0.146 e. The zero-order valence-corrected chi connectivity index (χ0v) is 10.2. The van der Waals surface area contributed by atoms with Gasteiger partial charge in [-0.1, -0.05) is 18.5 Å². The van der Waals surface area contributed by atoms with Crippen molar-refractivity contribution in [3.05, 3.63) is 28.8 Å². The van der Waals surface area contributed by atoms with E-state index in [9.17, 15) is 0 Å². The van der Waals surface area contributed by atoms with Crippen molar-refractivity contribution in [1.29, 1.82) is 0 Å². The number of nitrogens with one attached hydrogen (secondary N) is 1. The van der Waals surface area contributed by atoms with E-state index in [0.717, 1.165) is 12.0 Å². The van der Waals surface area contributed by atoms with E-state index < -0.39 is 0 Å². The highest BCUT2D eigenvalue weighted by molar-refractivity contribution is 6.31. The van der Waals surface area contributed by atoms with Crippen LogP contribution in [0.3, 0.4) is 0 Å². The first kappa shape index (κ1) is 12.8. The second-order valence-electron chi connectivity index (χ2n) is 3.22. The number of hydrogen-bond acceptors (Lipinski definition) is 3. The number of hydrogen-bond donors (Lipinski definition) is 2. The molecular weight excluding hydrogens is 226 g/mol. The fourth-order valence-corrected chi connectivity index (χ4v) is 1.47. The highest BCUT2D eigenvalue weighted by Crippen LogP contribution is 2.22. The molecule has 0 bridgehead atoms. The van der Waals surface area contributed by atoms with E-state index in [1.807, 2.05) is 6.92 Å². The van der Waals surface area contributed by atoms with Crippen LogP contribution in [0, 0.1) is 0 Å². The summed E-state index contributed by atoms with van der Waals surface area (Å²) in [5.74, 6) is 6.72. The summed E-state index contributed by atoms with van der Waals surface area (Å²) in [7, 11) is 1.60. The van der Waals surface area contributed by atoms with Crippen molar-refractivity contribution in [1.82, 2.24) is 5.43 Å². The predicted octanol–water partition coefficient (Wildman–Crippen LogP) is 1.97. The van der Waals surface area contributed by atoms with Crippen LogP contribution < -0.4 is 16.0 Å². The maximum atomic E-state index is 5.93. The third-order valence-electron chi connectivity index (χ3n) is 2.05. The number of methoxy groups -OCH3 is 1. The summed E-state index contributed by atoms with van der Waals surface area (Å²) in [5, 5.41) is 0.621. The summed E-state index contributed by atoms with van der Waals surface area (Å²) in [6.45, 7) is 2.75. The highest BCUT2D eigenvalue weighted by Gasteiger charge is 2.09. The molecule has 0 saturated heterocycles. The van der Waals surface area contributed by atoms with E-state index in [1.54, 1.807) is 25.3 Å². The van der Waals surface area contributed by atoms with Gasteiger partial charge in [-0.05, 0) is 24.6 Å². The number of nitrogens with zero attached hydrogens (tertiary/aromatic N) is 1. The first-order valence-electron chi connectivity index (χ1n) is 5.08. The van der Waals surface area contributed by atoms with E-state index in [1.165, 1.54) is 0 Å². The third-order valence-corrected chi connectivity index (χ3v) is 2.28. The molecule has 0 aliphatic carbocycles. The normalized spacial score (nSPS) is 11.4. The minimum absolute atomic E-state index is 0.584. The number of hydrazine groups is 1. The fraction of sp³-hybridized carbons (Fsp3) is 0.364. The number of benzene rings is 1. The predicted molar refractivity (Wildman–Crippen MR) is 67.0 cm³/mol. The van der Waals surface area contributed by atoms with Crippen LogP contribution in [-0.4, -0.2) is 19.5 Å². The quantitative estimate of drug-likeness (QED) is 0.367. The molecule has 0 unspecified atom stereocenters. The standard InChI is InChI=1S/C11H16ClN3O/c1-3-6-14-11(15-13)9-7-8(12)4-5-10(9)16-2/h4-5,7H,3,6,13H2,1-2H3,(H,14,15). The Kier molecular flexibility index (Phi) is 5.08. The van der Waals surface area contributed by atoms with E-state index in [-0.39, 0.29) is 0 Å². The van der Waals surface area contributed by atoms with Crippen LogP contribution in [-0.2, 0) is 0 Å². The Morgan fingerprint density at radius 1 is 1.56 bits per heavy atom. The zero-order chi connectivity index (χ0) is 12.0. The van der Waals surface area contributed by atoms with Gasteiger partial charge in [0.05, 0.1) is 12.7 Å². The minimum Gasteiger partial charge on any atom is -0.496 e. The van der Waals surface area contributed by atoms with Crippen LogP contribution in [0.5, 0.6) is 5.75 Å². The number of ether oxygens (including phenoxy) is 1. The highest BCUT2D eigenvalue weighted by atomic mass is 35.5. The van der Waals surface area contributed by atoms with Gasteiger partial charge in [0.15, 0.2) is 0 Å². The average Bonchev–Trinajstić information content (AvgIpc) is 2.30. The van der Waals surface area contributed by atoms with Gasteiger partial charge in [-0.3, -0.25) is 4.99 Å². The Hall–Kier alpha value is -1.26. The first-order valence-corrected chi connectivity index (χ1v) is 5.45. The van der Waals surface area contributed by atoms with Crippen LogP contribution in [0.15, 0.2) is 23.2 Å². The summed E-state index contributed by atoms with van der Waals surface area (Å²) in [6.07, 6.45) is 0.952. The lowest BCUT2D eigenvalue weighted by Crippen LogP contribution is -2.31. The molecule has 0 fully saturated rings. The number of rotatable bonds is 4. The molecule has 0 aliphatic heterocycles. The Morgan fingerprint density at radius 2 is 2.31 bits per heavy atom. The molecule has 1 aromatic rings. The molecule has 0 radical (unpaired) electrons. The second kappa shape index (κ2) is 6.35. The van der Waals surface area contributed by atoms with E-state index in [2.05, 4.69) is 10.4 Å². The van der Waals surface area contributed by atoms with Crippen LogP contribution in [0.2, 0.25) is 5.02 Å². The summed E-state index contributed by atoms with van der Waals surface area (Å²) >= 11 is 5.93. The zero-order valence-electron chi connectivity index (χ0n) is 9.46. The lowest BCUT2D eigenvalue weighted by atomic mass is 10.2. The van der Waals surface area contributed by atoms with Gasteiger partial charge in [0, 0.05) is 11.6 Å². The van der Waals surface area contributed by atoms with Gasteiger partial charge in [0.25, 0.3) is 0 Å². The summed E-state index contributed by atoms with van der Waals surface area (Å²) in [6, 6.07) is 5.32. The van der Waals surface area contributed by atoms with Crippen molar-refractivity contribution in [2.75, 3.05) is 13.7 Å². The maximum Gasteiger partial charge on any atom is 0.146 e. The van der Waals surface area contributed by atoms with Gasteiger partial charge in [-0.2, -0.15) is 0 Å². The van der Waals surface area contributed by atoms with Crippen molar-refractivity contribution in [3.63, 3.8) is 0 Å². The average molecular weight is 242 g/mol. The molecule has 0 saturated carbocycles. The van der Waals surface area contributed by atoms with Crippen molar-refractivity contribution in [2.45, 2.75) is 13.3 Å². The molecule has 5 heteroatoms. The number of aliphatic imine (C=N–C) groups is 1. The number of amidine groups is 1.